The maximum absolute atomic E-state index is 12.7. The minimum atomic E-state index is -3.76. The second kappa shape index (κ2) is 7.18. The lowest BCUT2D eigenvalue weighted by Crippen LogP contribution is -2.50. The summed E-state index contributed by atoms with van der Waals surface area (Å²) in [5.74, 6) is -0.167. The van der Waals surface area contributed by atoms with Crippen LogP contribution >= 0.6 is 0 Å². The first-order valence-electron chi connectivity index (χ1n) is 7.83. The Morgan fingerprint density at radius 2 is 1.58 bits per heavy atom. The molecule has 0 radical (unpaired) electrons. The van der Waals surface area contributed by atoms with E-state index in [0.29, 0.717) is 5.56 Å². The Balaban J connectivity index is 1.68. The van der Waals surface area contributed by atoms with E-state index in [4.69, 9.17) is 0 Å². The first-order valence-corrected chi connectivity index (χ1v) is 9.27. The van der Waals surface area contributed by atoms with Gasteiger partial charge in [0.1, 0.15) is 0 Å². The first kappa shape index (κ1) is 18.0. The predicted octanol–water partition coefficient (Wildman–Crippen LogP) is 1.14. The van der Waals surface area contributed by atoms with Gasteiger partial charge in [-0.15, -0.1) is 0 Å². The number of amides is 1. The Morgan fingerprint density at radius 1 is 1.00 bits per heavy atom. The smallest absolute Gasteiger partial charge is 0.269 e. The highest BCUT2D eigenvalue weighted by Gasteiger charge is 2.30. The van der Waals surface area contributed by atoms with Gasteiger partial charge in [0.2, 0.25) is 10.0 Å². The molecule has 0 aliphatic carbocycles. The highest BCUT2D eigenvalue weighted by Crippen LogP contribution is 2.21. The molecule has 1 fully saturated rings. The zero-order valence-electron chi connectivity index (χ0n) is 13.7. The van der Waals surface area contributed by atoms with Crippen molar-refractivity contribution in [2.45, 2.75) is 4.90 Å². The van der Waals surface area contributed by atoms with Crippen LogP contribution in [0.15, 0.2) is 53.7 Å². The summed E-state index contributed by atoms with van der Waals surface area (Å²) >= 11 is 0. The number of nitro groups is 1. The van der Waals surface area contributed by atoms with Crippen molar-refractivity contribution in [3.63, 3.8) is 0 Å². The van der Waals surface area contributed by atoms with E-state index < -0.39 is 14.9 Å². The number of piperazine rings is 1. The number of nitro benzene ring substituents is 1. The van der Waals surface area contributed by atoms with E-state index in [0.717, 1.165) is 12.1 Å². The number of hydrogen-bond donors (Lipinski definition) is 0. The van der Waals surface area contributed by atoms with Crippen molar-refractivity contribution < 1.29 is 18.1 Å². The summed E-state index contributed by atoms with van der Waals surface area (Å²) in [6, 6.07) is 8.00. The van der Waals surface area contributed by atoms with E-state index in [1.54, 1.807) is 17.0 Å². The van der Waals surface area contributed by atoms with E-state index in [1.807, 2.05) is 0 Å². The number of rotatable bonds is 4. The average molecular weight is 376 g/mol. The molecule has 0 spiro atoms. The Kier molecular flexibility index (Phi) is 4.96. The molecule has 0 saturated carbocycles. The molecule has 1 aliphatic rings. The van der Waals surface area contributed by atoms with Gasteiger partial charge >= 0.3 is 0 Å². The largest absolute Gasteiger partial charge is 0.336 e. The third-order valence-corrected chi connectivity index (χ3v) is 6.05. The van der Waals surface area contributed by atoms with Crippen molar-refractivity contribution >= 4 is 21.6 Å². The molecule has 1 aromatic heterocycles. The van der Waals surface area contributed by atoms with Crippen LogP contribution in [0, 0.1) is 10.1 Å². The minimum Gasteiger partial charge on any atom is -0.336 e. The van der Waals surface area contributed by atoms with Crippen LogP contribution in [0.1, 0.15) is 10.4 Å². The molecule has 136 valence electrons. The molecule has 0 bridgehead atoms. The average Bonchev–Trinajstić information content (AvgIpc) is 2.68. The summed E-state index contributed by atoms with van der Waals surface area (Å²) in [5.41, 5.74) is 0.336. The lowest BCUT2D eigenvalue weighted by Gasteiger charge is -2.34. The molecule has 26 heavy (non-hydrogen) atoms. The van der Waals surface area contributed by atoms with Gasteiger partial charge in [-0.3, -0.25) is 19.9 Å². The quantitative estimate of drug-likeness (QED) is 0.584. The first-order chi connectivity index (χ1) is 12.4. The van der Waals surface area contributed by atoms with Crippen LogP contribution < -0.4 is 0 Å². The van der Waals surface area contributed by atoms with E-state index in [9.17, 15) is 23.3 Å². The van der Waals surface area contributed by atoms with Crippen LogP contribution in [0.5, 0.6) is 0 Å². The molecule has 1 saturated heterocycles. The summed E-state index contributed by atoms with van der Waals surface area (Å²) < 4.78 is 26.6. The number of nitrogens with zero attached hydrogens (tertiary/aromatic N) is 4. The van der Waals surface area contributed by atoms with Crippen molar-refractivity contribution in [3.8, 4) is 0 Å². The van der Waals surface area contributed by atoms with Gasteiger partial charge in [-0.25, -0.2) is 8.42 Å². The second-order valence-corrected chi connectivity index (χ2v) is 7.62. The molecular formula is C16H16N4O5S. The van der Waals surface area contributed by atoms with Crippen molar-refractivity contribution in [1.29, 1.82) is 0 Å². The Bertz CT molecular complexity index is 907. The Hall–Kier alpha value is -2.85. The van der Waals surface area contributed by atoms with E-state index in [1.165, 1.54) is 28.8 Å². The monoisotopic (exact) mass is 376 g/mol. The second-order valence-electron chi connectivity index (χ2n) is 5.68. The lowest BCUT2D eigenvalue weighted by molar-refractivity contribution is -0.384. The van der Waals surface area contributed by atoms with Crippen LogP contribution in [0.25, 0.3) is 0 Å². The summed E-state index contributed by atoms with van der Waals surface area (Å²) in [6.45, 7) is 0.868. The minimum absolute atomic E-state index is 0.00277. The van der Waals surface area contributed by atoms with Gasteiger partial charge in [-0.05, 0) is 24.3 Å². The molecule has 10 heteroatoms. The predicted molar refractivity (Wildman–Crippen MR) is 92.0 cm³/mol. The molecule has 2 heterocycles. The fourth-order valence-corrected chi connectivity index (χ4v) is 4.12. The number of pyridine rings is 1. The molecule has 0 N–H and O–H groups in total. The van der Waals surface area contributed by atoms with Crippen LogP contribution in [-0.4, -0.2) is 59.6 Å². The molecule has 1 amide bonds. The highest BCUT2D eigenvalue weighted by atomic mass is 32.2. The normalized spacial score (nSPS) is 15.6. The molecule has 9 nitrogen and oxygen atoms in total. The van der Waals surface area contributed by atoms with Crippen molar-refractivity contribution in [3.05, 3.63) is 64.5 Å². The van der Waals surface area contributed by atoms with Crippen LogP contribution in [0.2, 0.25) is 0 Å². The zero-order chi connectivity index (χ0) is 18.7. The van der Waals surface area contributed by atoms with Crippen LogP contribution in [-0.2, 0) is 10.0 Å². The topological polar surface area (TPSA) is 114 Å². The van der Waals surface area contributed by atoms with Crippen LogP contribution in [0.3, 0.4) is 0 Å². The van der Waals surface area contributed by atoms with Gasteiger partial charge in [0.05, 0.1) is 9.82 Å². The Morgan fingerprint density at radius 3 is 2.12 bits per heavy atom. The molecule has 1 aromatic carbocycles. The third kappa shape index (κ3) is 3.55. The summed E-state index contributed by atoms with van der Waals surface area (Å²) in [4.78, 5) is 28.0. The van der Waals surface area contributed by atoms with E-state index in [2.05, 4.69) is 4.98 Å². The van der Waals surface area contributed by atoms with Gasteiger partial charge in [0.25, 0.3) is 11.6 Å². The van der Waals surface area contributed by atoms with E-state index in [-0.39, 0.29) is 42.7 Å². The summed E-state index contributed by atoms with van der Waals surface area (Å²) in [5, 5.41) is 10.7. The standard InChI is InChI=1S/C16H16N4O5S/c21-16(13-5-7-17-8-6-13)18-9-11-19(12-10-18)26(24,25)15-3-1-14(2-4-15)20(22)23/h1-8H,9-12H2. The van der Waals surface area contributed by atoms with Crippen molar-refractivity contribution in [2.75, 3.05) is 26.2 Å². The number of carbonyl (C=O) groups excluding carboxylic acids is 1. The van der Waals surface area contributed by atoms with Gasteiger partial charge < -0.3 is 4.90 Å². The van der Waals surface area contributed by atoms with Gasteiger partial charge in [-0.1, -0.05) is 0 Å². The number of hydrogen-bond acceptors (Lipinski definition) is 6. The summed E-state index contributed by atoms with van der Waals surface area (Å²) in [6.07, 6.45) is 3.06. The summed E-state index contributed by atoms with van der Waals surface area (Å²) in [7, 11) is -3.76. The number of benzene rings is 1. The number of sulfonamides is 1. The third-order valence-electron chi connectivity index (χ3n) is 4.14. The number of aromatic nitrogens is 1. The Labute approximate surface area is 150 Å². The lowest BCUT2D eigenvalue weighted by atomic mass is 10.2. The van der Waals surface area contributed by atoms with Gasteiger partial charge in [0, 0.05) is 56.3 Å². The van der Waals surface area contributed by atoms with Crippen LogP contribution in [0.4, 0.5) is 5.69 Å². The van der Waals surface area contributed by atoms with Gasteiger partial charge in [0.15, 0.2) is 0 Å². The maximum atomic E-state index is 12.7. The number of non-ortho nitro benzene ring substituents is 1. The molecule has 1 aliphatic heterocycles. The fraction of sp³-hybridized carbons (Fsp3) is 0.250. The molecular weight excluding hydrogens is 360 g/mol. The molecule has 0 atom stereocenters. The highest BCUT2D eigenvalue weighted by molar-refractivity contribution is 7.89. The molecule has 3 rings (SSSR count). The van der Waals surface area contributed by atoms with Crippen molar-refractivity contribution in [1.82, 2.24) is 14.2 Å². The fourth-order valence-electron chi connectivity index (χ4n) is 2.70. The number of carbonyl (C=O) groups is 1. The zero-order valence-corrected chi connectivity index (χ0v) is 14.5. The SMILES string of the molecule is O=C(c1ccncc1)N1CCN(S(=O)(=O)c2ccc([N+](=O)[O-])cc2)CC1. The van der Waals surface area contributed by atoms with Gasteiger partial charge in [-0.2, -0.15) is 4.31 Å². The maximum Gasteiger partial charge on any atom is 0.269 e. The molecule has 2 aromatic rings. The van der Waals surface area contributed by atoms with Crippen molar-refractivity contribution in [2.24, 2.45) is 0 Å². The van der Waals surface area contributed by atoms with E-state index >= 15 is 0 Å². The molecule has 0 unspecified atom stereocenters.